The van der Waals surface area contributed by atoms with E-state index in [1.807, 2.05) is 6.92 Å². The molecule has 1 atom stereocenters. The van der Waals surface area contributed by atoms with Crippen LogP contribution in [0.3, 0.4) is 0 Å². The van der Waals surface area contributed by atoms with Gasteiger partial charge in [0.2, 0.25) is 5.91 Å². The Hall–Kier alpha value is -1.50. The molecule has 1 aliphatic rings. The van der Waals surface area contributed by atoms with Crippen LogP contribution in [0.1, 0.15) is 24.1 Å². The number of carbonyl (C=O) groups is 1. The summed E-state index contributed by atoms with van der Waals surface area (Å²) in [4.78, 5) is 17.5. The molecule has 1 aliphatic heterocycles. The molecule has 7 heteroatoms. The van der Waals surface area contributed by atoms with E-state index in [1.54, 1.807) is 12.1 Å². The summed E-state index contributed by atoms with van der Waals surface area (Å²) in [5.74, 6) is -0.284. The van der Waals surface area contributed by atoms with Gasteiger partial charge in [0.15, 0.2) is 5.13 Å². The second-order valence-corrected chi connectivity index (χ2v) is 6.68. The van der Waals surface area contributed by atoms with Crippen molar-refractivity contribution in [3.63, 3.8) is 0 Å². The smallest absolute Gasteiger partial charge is 0.227 e. The molecule has 1 fully saturated rings. The lowest BCUT2D eigenvalue weighted by atomic mass is 10.1. The SMILES string of the molecule is Cc1sc(NC(=O)CC2CCCN2)nc1-c1ccc(F)cc1.Cl. The van der Waals surface area contributed by atoms with Crippen LogP contribution >= 0.6 is 23.7 Å². The summed E-state index contributed by atoms with van der Waals surface area (Å²) in [7, 11) is 0. The summed E-state index contributed by atoms with van der Waals surface area (Å²) in [5.41, 5.74) is 1.65. The molecule has 4 nitrogen and oxygen atoms in total. The highest BCUT2D eigenvalue weighted by Gasteiger charge is 2.19. The van der Waals surface area contributed by atoms with Crippen molar-refractivity contribution in [1.29, 1.82) is 0 Å². The van der Waals surface area contributed by atoms with Crippen molar-refractivity contribution in [2.45, 2.75) is 32.2 Å². The van der Waals surface area contributed by atoms with Gasteiger partial charge in [0.25, 0.3) is 0 Å². The van der Waals surface area contributed by atoms with E-state index in [4.69, 9.17) is 0 Å². The molecule has 124 valence electrons. The first-order valence-electron chi connectivity index (χ1n) is 7.38. The summed E-state index contributed by atoms with van der Waals surface area (Å²) in [5, 5.41) is 6.77. The van der Waals surface area contributed by atoms with E-state index >= 15 is 0 Å². The molecule has 0 bridgehead atoms. The van der Waals surface area contributed by atoms with E-state index < -0.39 is 0 Å². The molecule has 2 aromatic rings. The van der Waals surface area contributed by atoms with Crippen molar-refractivity contribution in [2.75, 3.05) is 11.9 Å². The van der Waals surface area contributed by atoms with Crippen LogP contribution in [-0.4, -0.2) is 23.5 Å². The topological polar surface area (TPSA) is 54.0 Å². The molecular formula is C16H19ClFN3OS. The van der Waals surface area contributed by atoms with Crippen molar-refractivity contribution in [3.8, 4) is 11.3 Å². The van der Waals surface area contributed by atoms with Crippen molar-refractivity contribution in [3.05, 3.63) is 35.0 Å². The van der Waals surface area contributed by atoms with Crippen LogP contribution in [0.5, 0.6) is 0 Å². The number of benzene rings is 1. The van der Waals surface area contributed by atoms with Gasteiger partial charge in [0.1, 0.15) is 5.82 Å². The second-order valence-electron chi connectivity index (χ2n) is 5.48. The van der Waals surface area contributed by atoms with Crippen LogP contribution in [0.4, 0.5) is 9.52 Å². The van der Waals surface area contributed by atoms with Gasteiger partial charge in [0, 0.05) is 22.9 Å². The number of amides is 1. The van der Waals surface area contributed by atoms with E-state index in [9.17, 15) is 9.18 Å². The Morgan fingerprint density at radius 3 is 2.83 bits per heavy atom. The minimum absolute atomic E-state index is 0. The molecular weight excluding hydrogens is 337 g/mol. The third-order valence-corrected chi connectivity index (χ3v) is 4.64. The monoisotopic (exact) mass is 355 g/mol. The normalized spacial score (nSPS) is 16.9. The van der Waals surface area contributed by atoms with Crippen LogP contribution in [0.15, 0.2) is 24.3 Å². The van der Waals surface area contributed by atoms with E-state index in [0.29, 0.717) is 11.6 Å². The van der Waals surface area contributed by atoms with Crippen molar-refractivity contribution in [2.24, 2.45) is 0 Å². The quantitative estimate of drug-likeness (QED) is 0.878. The predicted molar refractivity (Wildman–Crippen MR) is 93.8 cm³/mol. The third kappa shape index (κ3) is 4.50. The Kier molecular flexibility index (Phi) is 6.10. The zero-order chi connectivity index (χ0) is 15.5. The maximum absolute atomic E-state index is 13.0. The lowest BCUT2D eigenvalue weighted by Crippen LogP contribution is -2.27. The molecule has 0 aliphatic carbocycles. The number of halogens is 2. The molecule has 2 N–H and O–H groups in total. The van der Waals surface area contributed by atoms with E-state index in [2.05, 4.69) is 15.6 Å². The summed E-state index contributed by atoms with van der Waals surface area (Å²) in [6, 6.07) is 6.50. The first kappa shape index (κ1) is 17.8. The maximum atomic E-state index is 13.0. The van der Waals surface area contributed by atoms with Gasteiger partial charge >= 0.3 is 0 Å². The Bertz CT molecular complexity index is 668. The zero-order valence-corrected chi connectivity index (χ0v) is 14.4. The van der Waals surface area contributed by atoms with Gasteiger partial charge < -0.3 is 10.6 Å². The summed E-state index contributed by atoms with van der Waals surface area (Å²) >= 11 is 1.44. The molecule has 0 spiro atoms. The standard InChI is InChI=1S/C16H18FN3OS.ClH/c1-10-15(11-4-6-12(17)7-5-11)20-16(22-10)19-14(21)9-13-3-2-8-18-13;/h4-7,13,18H,2-3,8-9H2,1H3,(H,19,20,21);1H. The number of carbonyl (C=O) groups excluding carboxylic acids is 1. The minimum atomic E-state index is -0.269. The number of anilines is 1. The number of thiazole rings is 1. The van der Waals surface area contributed by atoms with Crippen molar-refractivity contribution < 1.29 is 9.18 Å². The van der Waals surface area contributed by atoms with Gasteiger partial charge in [-0.05, 0) is 50.6 Å². The number of nitrogens with one attached hydrogen (secondary N) is 2. The number of hydrogen-bond donors (Lipinski definition) is 2. The average Bonchev–Trinajstić information content (AvgIpc) is 3.10. The number of aryl methyl sites for hydroxylation is 1. The molecule has 1 saturated heterocycles. The number of hydrogen-bond acceptors (Lipinski definition) is 4. The highest BCUT2D eigenvalue weighted by Crippen LogP contribution is 2.30. The fraction of sp³-hybridized carbons (Fsp3) is 0.375. The molecule has 1 unspecified atom stereocenters. The zero-order valence-electron chi connectivity index (χ0n) is 12.8. The first-order chi connectivity index (χ1) is 10.6. The van der Waals surface area contributed by atoms with Crippen LogP contribution < -0.4 is 10.6 Å². The second kappa shape index (κ2) is 7.86. The van der Waals surface area contributed by atoms with Crippen LogP contribution in [0.2, 0.25) is 0 Å². The first-order valence-corrected chi connectivity index (χ1v) is 8.20. The van der Waals surface area contributed by atoms with Crippen LogP contribution in [0, 0.1) is 12.7 Å². The van der Waals surface area contributed by atoms with Gasteiger partial charge in [-0.3, -0.25) is 4.79 Å². The van der Waals surface area contributed by atoms with Crippen LogP contribution in [0.25, 0.3) is 11.3 Å². The fourth-order valence-electron chi connectivity index (χ4n) is 2.65. The summed E-state index contributed by atoms with van der Waals surface area (Å²) in [6.07, 6.45) is 2.65. The average molecular weight is 356 g/mol. The van der Waals surface area contributed by atoms with Crippen molar-refractivity contribution >= 4 is 34.8 Å². The lowest BCUT2D eigenvalue weighted by molar-refractivity contribution is -0.116. The van der Waals surface area contributed by atoms with Gasteiger partial charge in [-0.1, -0.05) is 0 Å². The Morgan fingerprint density at radius 2 is 2.17 bits per heavy atom. The van der Waals surface area contributed by atoms with Gasteiger partial charge in [0.05, 0.1) is 5.69 Å². The van der Waals surface area contributed by atoms with E-state index in [-0.39, 0.29) is 30.2 Å². The number of rotatable bonds is 4. The summed E-state index contributed by atoms with van der Waals surface area (Å²) < 4.78 is 13.0. The maximum Gasteiger partial charge on any atom is 0.227 e. The molecule has 1 aromatic carbocycles. The Morgan fingerprint density at radius 1 is 1.43 bits per heavy atom. The van der Waals surface area contributed by atoms with Gasteiger partial charge in [-0.15, -0.1) is 23.7 Å². The molecule has 3 rings (SSSR count). The van der Waals surface area contributed by atoms with Crippen molar-refractivity contribution in [1.82, 2.24) is 10.3 Å². The van der Waals surface area contributed by atoms with E-state index in [0.717, 1.165) is 35.5 Å². The van der Waals surface area contributed by atoms with E-state index in [1.165, 1.54) is 23.5 Å². The van der Waals surface area contributed by atoms with Gasteiger partial charge in [-0.2, -0.15) is 0 Å². The van der Waals surface area contributed by atoms with Gasteiger partial charge in [-0.25, -0.2) is 9.37 Å². The largest absolute Gasteiger partial charge is 0.313 e. The molecule has 1 aromatic heterocycles. The number of aromatic nitrogens is 1. The fourth-order valence-corrected chi connectivity index (χ4v) is 3.50. The predicted octanol–water partition coefficient (Wildman–Crippen LogP) is 3.76. The Balaban J connectivity index is 0.00000192. The Labute approximate surface area is 144 Å². The summed E-state index contributed by atoms with van der Waals surface area (Å²) in [6.45, 7) is 2.94. The third-order valence-electron chi connectivity index (χ3n) is 3.75. The number of nitrogens with zero attached hydrogens (tertiary/aromatic N) is 1. The highest BCUT2D eigenvalue weighted by atomic mass is 35.5. The molecule has 2 heterocycles. The molecule has 0 radical (unpaired) electrons. The highest BCUT2D eigenvalue weighted by molar-refractivity contribution is 7.16. The molecule has 0 saturated carbocycles. The lowest BCUT2D eigenvalue weighted by Gasteiger charge is -2.08. The molecule has 1 amide bonds. The minimum Gasteiger partial charge on any atom is -0.313 e. The molecule has 23 heavy (non-hydrogen) atoms. The van der Waals surface area contributed by atoms with Crippen LogP contribution in [-0.2, 0) is 4.79 Å².